The standard InChI is InChI=1S/C9H16N4O2S/c1-13-7(10)6(8(14)12-9(13)15)11-4-3-5-16-2/h11H,3-5,10H2,1-2H3,(H,12,14,15). The van der Waals surface area contributed by atoms with Crippen LogP contribution in [-0.2, 0) is 7.05 Å². The maximum Gasteiger partial charge on any atom is 0.329 e. The van der Waals surface area contributed by atoms with Gasteiger partial charge in [-0.1, -0.05) is 0 Å². The van der Waals surface area contributed by atoms with E-state index < -0.39 is 11.2 Å². The Morgan fingerprint density at radius 2 is 2.19 bits per heavy atom. The van der Waals surface area contributed by atoms with E-state index in [1.807, 2.05) is 6.26 Å². The van der Waals surface area contributed by atoms with E-state index in [1.54, 1.807) is 11.8 Å². The third kappa shape index (κ3) is 2.82. The molecule has 0 spiro atoms. The molecule has 0 aliphatic carbocycles. The van der Waals surface area contributed by atoms with Crippen LogP contribution in [0, 0.1) is 0 Å². The van der Waals surface area contributed by atoms with Crippen LogP contribution in [0.2, 0.25) is 0 Å². The van der Waals surface area contributed by atoms with Gasteiger partial charge < -0.3 is 11.1 Å². The first kappa shape index (κ1) is 12.7. The van der Waals surface area contributed by atoms with Crippen LogP contribution in [0.3, 0.4) is 0 Å². The smallest absolute Gasteiger partial charge is 0.329 e. The van der Waals surface area contributed by atoms with Crippen LogP contribution in [0.1, 0.15) is 6.42 Å². The number of nitrogens with zero attached hydrogens (tertiary/aromatic N) is 1. The van der Waals surface area contributed by atoms with E-state index in [1.165, 1.54) is 11.6 Å². The maximum atomic E-state index is 11.5. The van der Waals surface area contributed by atoms with E-state index in [2.05, 4.69) is 10.3 Å². The maximum absolute atomic E-state index is 11.5. The second kappa shape index (κ2) is 5.64. The van der Waals surface area contributed by atoms with Crippen LogP contribution >= 0.6 is 11.8 Å². The largest absolute Gasteiger partial charge is 0.383 e. The van der Waals surface area contributed by atoms with E-state index in [4.69, 9.17) is 5.73 Å². The van der Waals surface area contributed by atoms with Gasteiger partial charge in [-0.2, -0.15) is 11.8 Å². The summed E-state index contributed by atoms with van der Waals surface area (Å²) in [5.41, 5.74) is 4.97. The molecule has 0 bridgehead atoms. The molecule has 0 unspecified atom stereocenters. The summed E-state index contributed by atoms with van der Waals surface area (Å²) < 4.78 is 1.21. The lowest BCUT2D eigenvalue weighted by atomic mass is 10.4. The molecule has 0 amide bonds. The monoisotopic (exact) mass is 244 g/mol. The number of hydrogen-bond donors (Lipinski definition) is 3. The average Bonchev–Trinajstić information content (AvgIpc) is 2.25. The van der Waals surface area contributed by atoms with E-state index in [0.717, 1.165) is 12.2 Å². The number of aromatic amines is 1. The second-order valence-corrected chi connectivity index (χ2v) is 4.34. The summed E-state index contributed by atoms with van der Waals surface area (Å²) in [5.74, 6) is 1.18. The van der Waals surface area contributed by atoms with Gasteiger partial charge in [0.05, 0.1) is 0 Å². The van der Waals surface area contributed by atoms with Gasteiger partial charge in [-0.05, 0) is 18.4 Å². The molecular formula is C9H16N4O2S. The highest BCUT2D eigenvalue weighted by molar-refractivity contribution is 7.98. The zero-order chi connectivity index (χ0) is 12.1. The Morgan fingerprint density at radius 3 is 2.81 bits per heavy atom. The molecule has 0 atom stereocenters. The Kier molecular flexibility index (Phi) is 4.48. The number of thioether (sulfide) groups is 1. The molecule has 90 valence electrons. The zero-order valence-electron chi connectivity index (χ0n) is 9.37. The molecule has 1 heterocycles. The second-order valence-electron chi connectivity index (χ2n) is 3.35. The van der Waals surface area contributed by atoms with Crippen LogP contribution in [0.5, 0.6) is 0 Å². The fourth-order valence-corrected chi connectivity index (χ4v) is 1.67. The van der Waals surface area contributed by atoms with Crippen molar-refractivity contribution < 1.29 is 0 Å². The van der Waals surface area contributed by atoms with Gasteiger partial charge in [0.15, 0.2) is 0 Å². The quantitative estimate of drug-likeness (QED) is 0.625. The number of aromatic nitrogens is 2. The number of rotatable bonds is 5. The Balaban J connectivity index is 2.84. The summed E-state index contributed by atoms with van der Waals surface area (Å²) in [5, 5.41) is 2.94. The summed E-state index contributed by atoms with van der Waals surface area (Å²) in [6.07, 6.45) is 2.95. The molecule has 0 aromatic carbocycles. The minimum atomic E-state index is -0.503. The zero-order valence-corrected chi connectivity index (χ0v) is 10.2. The third-order valence-corrected chi connectivity index (χ3v) is 2.89. The first-order valence-electron chi connectivity index (χ1n) is 4.89. The molecule has 6 nitrogen and oxygen atoms in total. The van der Waals surface area contributed by atoms with E-state index in [0.29, 0.717) is 6.54 Å². The van der Waals surface area contributed by atoms with Crippen LogP contribution in [0.25, 0.3) is 0 Å². The Morgan fingerprint density at radius 1 is 1.50 bits per heavy atom. The third-order valence-electron chi connectivity index (χ3n) is 2.20. The normalized spacial score (nSPS) is 10.4. The lowest BCUT2D eigenvalue weighted by Gasteiger charge is -2.10. The van der Waals surface area contributed by atoms with Crippen LogP contribution in [0.15, 0.2) is 9.59 Å². The summed E-state index contributed by atoms with van der Waals surface area (Å²) in [7, 11) is 1.51. The summed E-state index contributed by atoms with van der Waals surface area (Å²) >= 11 is 1.74. The van der Waals surface area contributed by atoms with Gasteiger partial charge in [0.2, 0.25) is 0 Å². The number of hydrogen-bond acceptors (Lipinski definition) is 5. The van der Waals surface area contributed by atoms with Crippen molar-refractivity contribution in [2.24, 2.45) is 7.05 Å². The highest BCUT2D eigenvalue weighted by atomic mass is 32.2. The summed E-state index contributed by atoms with van der Waals surface area (Å²) in [4.78, 5) is 24.8. The fourth-order valence-electron chi connectivity index (χ4n) is 1.24. The van der Waals surface area contributed by atoms with Gasteiger partial charge in [-0.15, -0.1) is 0 Å². The Hall–Kier alpha value is -1.37. The molecule has 4 N–H and O–H groups in total. The Bertz CT molecular complexity index is 466. The van der Waals surface area contributed by atoms with Crippen molar-refractivity contribution in [3.63, 3.8) is 0 Å². The minimum absolute atomic E-state index is 0.165. The van der Waals surface area contributed by atoms with E-state index in [9.17, 15) is 9.59 Å². The number of anilines is 2. The van der Waals surface area contributed by atoms with Gasteiger partial charge in [0.1, 0.15) is 11.5 Å². The lowest BCUT2D eigenvalue weighted by Crippen LogP contribution is -2.32. The highest BCUT2D eigenvalue weighted by Crippen LogP contribution is 2.08. The average molecular weight is 244 g/mol. The SMILES string of the molecule is CSCCCNc1c(N)n(C)c(=O)[nH]c1=O. The highest BCUT2D eigenvalue weighted by Gasteiger charge is 2.08. The van der Waals surface area contributed by atoms with Crippen molar-refractivity contribution >= 4 is 23.3 Å². The van der Waals surface area contributed by atoms with Gasteiger partial charge in [-0.25, -0.2) is 4.79 Å². The molecule has 1 rings (SSSR count). The molecule has 0 aliphatic heterocycles. The molecule has 16 heavy (non-hydrogen) atoms. The molecule has 0 fully saturated rings. The van der Waals surface area contributed by atoms with Gasteiger partial charge in [0.25, 0.3) is 5.56 Å². The van der Waals surface area contributed by atoms with E-state index >= 15 is 0 Å². The lowest BCUT2D eigenvalue weighted by molar-refractivity contribution is 0.811. The molecule has 1 aromatic heterocycles. The molecule has 0 aliphatic rings. The predicted octanol–water partition coefficient (Wildman–Crippen LogP) is -0.179. The van der Waals surface area contributed by atoms with Crippen LogP contribution in [0.4, 0.5) is 11.5 Å². The van der Waals surface area contributed by atoms with Crippen molar-refractivity contribution in [2.75, 3.05) is 29.6 Å². The number of nitrogen functional groups attached to an aromatic ring is 1. The van der Waals surface area contributed by atoms with Crippen molar-refractivity contribution in [1.29, 1.82) is 0 Å². The minimum Gasteiger partial charge on any atom is -0.383 e. The molecule has 1 aromatic rings. The molecule has 0 radical (unpaired) electrons. The molecule has 7 heteroatoms. The van der Waals surface area contributed by atoms with Crippen molar-refractivity contribution in [3.8, 4) is 0 Å². The first-order valence-corrected chi connectivity index (χ1v) is 6.29. The predicted molar refractivity (Wildman–Crippen MR) is 68.2 cm³/mol. The van der Waals surface area contributed by atoms with Gasteiger partial charge >= 0.3 is 5.69 Å². The van der Waals surface area contributed by atoms with Crippen LogP contribution < -0.4 is 22.3 Å². The first-order chi connectivity index (χ1) is 7.57. The van der Waals surface area contributed by atoms with Crippen molar-refractivity contribution in [1.82, 2.24) is 9.55 Å². The van der Waals surface area contributed by atoms with E-state index in [-0.39, 0.29) is 11.5 Å². The van der Waals surface area contributed by atoms with Gasteiger partial charge in [0, 0.05) is 13.6 Å². The molecule has 0 saturated carbocycles. The topological polar surface area (TPSA) is 92.9 Å². The van der Waals surface area contributed by atoms with Crippen molar-refractivity contribution in [2.45, 2.75) is 6.42 Å². The van der Waals surface area contributed by atoms with Crippen molar-refractivity contribution in [3.05, 3.63) is 20.8 Å². The summed E-state index contributed by atoms with van der Waals surface area (Å²) in [6, 6.07) is 0. The number of nitrogens with two attached hydrogens (primary N) is 1. The fraction of sp³-hybridized carbons (Fsp3) is 0.556. The molecular weight excluding hydrogens is 228 g/mol. The summed E-state index contributed by atoms with van der Waals surface area (Å²) in [6.45, 7) is 0.659. The van der Waals surface area contributed by atoms with Crippen LogP contribution in [-0.4, -0.2) is 28.1 Å². The number of H-pyrrole nitrogens is 1. The van der Waals surface area contributed by atoms with Gasteiger partial charge in [-0.3, -0.25) is 14.3 Å². The Labute approximate surface area is 97.2 Å². The number of nitrogens with one attached hydrogen (secondary N) is 2. The molecule has 0 saturated heterocycles.